The molecule has 0 fully saturated rings. The van der Waals surface area contributed by atoms with Gasteiger partial charge in [-0.2, -0.15) is 0 Å². The van der Waals surface area contributed by atoms with Gasteiger partial charge in [0.2, 0.25) is 0 Å². The van der Waals surface area contributed by atoms with Crippen molar-refractivity contribution in [1.82, 2.24) is 0 Å². The van der Waals surface area contributed by atoms with Crippen LogP contribution < -0.4 is 9.47 Å². The van der Waals surface area contributed by atoms with Gasteiger partial charge in [-0.3, -0.25) is 0 Å². The molecule has 0 aliphatic heterocycles. The zero-order valence-electron chi connectivity index (χ0n) is 9.23. The van der Waals surface area contributed by atoms with Crippen LogP contribution in [-0.2, 0) is 9.53 Å². The van der Waals surface area contributed by atoms with Gasteiger partial charge in [0.1, 0.15) is 18.1 Å². The van der Waals surface area contributed by atoms with Crippen molar-refractivity contribution < 1.29 is 19.0 Å². The molecule has 16 heavy (non-hydrogen) atoms. The Balaban J connectivity index is 2.90. The summed E-state index contributed by atoms with van der Waals surface area (Å²) < 4.78 is 14.8. The standard InChI is InChI=1S/C12H13O4/c1-14-11-6-3-7-12(15-2)10(11)5-4-8-16-9-13/h3-7H,8H2,1-2H3/b5-4+. The normalized spacial score (nSPS) is 10.1. The number of hydrogen-bond acceptors (Lipinski definition) is 4. The van der Waals surface area contributed by atoms with Crippen LogP contribution in [0.3, 0.4) is 0 Å². The largest absolute Gasteiger partial charge is 0.496 e. The van der Waals surface area contributed by atoms with E-state index in [1.54, 1.807) is 26.4 Å². The molecule has 0 spiro atoms. The van der Waals surface area contributed by atoms with Crippen LogP contribution in [0.5, 0.6) is 11.5 Å². The monoisotopic (exact) mass is 221 g/mol. The summed E-state index contributed by atoms with van der Waals surface area (Å²) >= 11 is 0. The molecule has 4 nitrogen and oxygen atoms in total. The average Bonchev–Trinajstić information content (AvgIpc) is 2.34. The molecule has 1 aromatic rings. The molecule has 0 heterocycles. The molecule has 1 rings (SSSR count). The van der Waals surface area contributed by atoms with Gasteiger partial charge in [0.25, 0.3) is 0 Å². The van der Waals surface area contributed by atoms with Crippen molar-refractivity contribution in [3.63, 3.8) is 0 Å². The maximum atomic E-state index is 9.83. The summed E-state index contributed by atoms with van der Waals surface area (Å²) in [5.41, 5.74) is 0.807. The van der Waals surface area contributed by atoms with Gasteiger partial charge < -0.3 is 14.2 Å². The van der Waals surface area contributed by atoms with Crippen LogP contribution in [0.15, 0.2) is 24.3 Å². The molecule has 0 N–H and O–H groups in total. The lowest BCUT2D eigenvalue weighted by Gasteiger charge is -2.09. The fourth-order valence-electron chi connectivity index (χ4n) is 1.29. The fourth-order valence-corrected chi connectivity index (χ4v) is 1.29. The van der Waals surface area contributed by atoms with Crippen LogP contribution in [0.2, 0.25) is 0 Å². The predicted molar refractivity (Wildman–Crippen MR) is 60.2 cm³/mol. The van der Waals surface area contributed by atoms with Crippen molar-refractivity contribution in [2.24, 2.45) is 0 Å². The maximum Gasteiger partial charge on any atom is 0.417 e. The minimum absolute atomic E-state index is 0.171. The first-order valence-electron chi connectivity index (χ1n) is 4.70. The van der Waals surface area contributed by atoms with Gasteiger partial charge in [-0.05, 0) is 24.3 Å². The van der Waals surface area contributed by atoms with E-state index < -0.39 is 0 Å². The van der Waals surface area contributed by atoms with Crippen molar-refractivity contribution in [1.29, 1.82) is 0 Å². The van der Waals surface area contributed by atoms with Gasteiger partial charge in [-0.15, -0.1) is 0 Å². The van der Waals surface area contributed by atoms with Gasteiger partial charge in [0.05, 0.1) is 19.8 Å². The van der Waals surface area contributed by atoms with E-state index in [0.717, 1.165) is 5.56 Å². The summed E-state index contributed by atoms with van der Waals surface area (Å²) in [6, 6.07) is 5.49. The summed E-state index contributed by atoms with van der Waals surface area (Å²) in [6.07, 6.45) is 3.46. The molecule has 0 atom stereocenters. The molecule has 0 unspecified atom stereocenters. The minimum atomic E-state index is 0.171. The van der Waals surface area contributed by atoms with Gasteiger partial charge in [0, 0.05) is 0 Å². The first-order valence-corrected chi connectivity index (χ1v) is 4.70. The topological polar surface area (TPSA) is 44.8 Å². The average molecular weight is 221 g/mol. The number of benzene rings is 1. The second kappa shape index (κ2) is 6.50. The van der Waals surface area contributed by atoms with Crippen LogP contribution >= 0.6 is 0 Å². The third kappa shape index (κ3) is 3.02. The number of carbonyl (C=O) groups excluding carboxylic acids is 1. The van der Waals surface area contributed by atoms with Crippen LogP contribution in [0, 0.1) is 0 Å². The van der Waals surface area contributed by atoms with Gasteiger partial charge in [-0.1, -0.05) is 6.07 Å². The summed E-state index contributed by atoms with van der Waals surface area (Å²) in [7, 11) is 3.17. The van der Waals surface area contributed by atoms with Crippen molar-refractivity contribution in [3.8, 4) is 11.5 Å². The Bertz CT molecular complexity index is 349. The molecule has 1 aromatic carbocycles. The lowest BCUT2D eigenvalue weighted by Crippen LogP contribution is -1.92. The number of ether oxygens (including phenoxy) is 3. The third-order valence-corrected chi connectivity index (χ3v) is 1.99. The summed E-state index contributed by atoms with van der Waals surface area (Å²) in [4.78, 5) is 9.83. The molecule has 0 saturated heterocycles. The molecule has 4 heteroatoms. The Hall–Kier alpha value is -1.97. The quantitative estimate of drug-likeness (QED) is 0.687. The number of methoxy groups -OCH3 is 2. The Morgan fingerprint density at radius 3 is 2.38 bits per heavy atom. The highest BCUT2D eigenvalue weighted by Gasteiger charge is 2.05. The molecular weight excluding hydrogens is 208 g/mol. The third-order valence-electron chi connectivity index (χ3n) is 1.99. The first-order chi connectivity index (χ1) is 7.83. The zero-order chi connectivity index (χ0) is 11.8. The lowest BCUT2D eigenvalue weighted by atomic mass is 10.1. The summed E-state index contributed by atoms with van der Waals surface area (Å²) in [5, 5.41) is 0. The summed E-state index contributed by atoms with van der Waals surface area (Å²) in [5.74, 6) is 1.40. The van der Waals surface area contributed by atoms with Gasteiger partial charge >= 0.3 is 6.47 Å². The van der Waals surface area contributed by atoms with Crippen molar-refractivity contribution in [3.05, 3.63) is 29.8 Å². The Kier molecular flexibility index (Phi) is 4.92. The number of hydrogen-bond donors (Lipinski definition) is 0. The van der Waals surface area contributed by atoms with E-state index in [1.807, 2.05) is 18.2 Å². The highest BCUT2D eigenvalue weighted by Crippen LogP contribution is 2.29. The van der Waals surface area contributed by atoms with E-state index >= 15 is 0 Å². The van der Waals surface area contributed by atoms with Gasteiger partial charge in [-0.25, -0.2) is 4.79 Å². The smallest absolute Gasteiger partial charge is 0.417 e. The van der Waals surface area contributed by atoms with E-state index in [4.69, 9.17) is 9.47 Å². The minimum Gasteiger partial charge on any atom is -0.496 e. The molecular formula is C12H13O4. The molecule has 0 aliphatic carbocycles. The van der Waals surface area contributed by atoms with Crippen molar-refractivity contribution >= 4 is 12.5 Å². The maximum absolute atomic E-state index is 9.83. The Labute approximate surface area is 94.4 Å². The van der Waals surface area contributed by atoms with Crippen molar-refractivity contribution in [2.45, 2.75) is 0 Å². The van der Waals surface area contributed by atoms with Crippen LogP contribution in [0.4, 0.5) is 0 Å². The fraction of sp³-hybridized carbons (Fsp3) is 0.250. The molecule has 0 aliphatic rings. The Morgan fingerprint density at radius 1 is 1.25 bits per heavy atom. The SMILES string of the molecule is COc1cccc(OC)c1/C=C/CO[C]=O. The van der Waals surface area contributed by atoms with E-state index in [2.05, 4.69) is 4.74 Å². The summed E-state index contributed by atoms with van der Waals surface area (Å²) in [6.45, 7) is 1.52. The van der Waals surface area contributed by atoms with Crippen LogP contribution in [0.25, 0.3) is 6.08 Å². The second-order valence-corrected chi connectivity index (χ2v) is 2.87. The molecule has 1 radical (unpaired) electrons. The van der Waals surface area contributed by atoms with E-state index in [-0.39, 0.29) is 6.61 Å². The van der Waals surface area contributed by atoms with Gasteiger partial charge in [0.15, 0.2) is 0 Å². The molecule has 85 valence electrons. The predicted octanol–water partition coefficient (Wildman–Crippen LogP) is 1.80. The van der Waals surface area contributed by atoms with Crippen LogP contribution in [-0.4, -0.2) is 27.3 Å². The first kappa shape index (κ1) is 12.1. The highest BCUT2D eigenvalue weighted by atomic mass is 16.5. The Morgan fingerprint density at radius 2 is 1.88 bits per heavy atom. The van der Waals surface area contributed by atoms with E-state index in [1.165, 1.54) is 6.47 Å². The van der Waals surface area contributed by atoms with Crippen molar-refractivity contribution in [2.75, 3.05) is 20.8 Å². The highest BCUT2D eigenvalue weighted by molar-refractivity contribution is 5.64. The lowest BCUT2D eigenvalue weighted by molar-refractivity contribution is 0.314. The van der Waals surface area contributed by atoms with Crippen LogP contribution in [0.1, 0.15) is 5.56 Å². The molecule has 0 aromatic heterocycles. The molecule has 0 bridgehead atoms. The van der Waals surface area contributed by atoms with E-state index in [0.29, 0.717) is 11.5 Å². The molecule has 0 amide bonds. The second-order valence-electron chi connectivity index (χ2n) is 2.87. The molecule has 0 saturated carbocycles. The number of rotatable bonds is 6. The zero-order valence-corrected chi connectivity index (χ0v) is 9.23. The van der Waals surface area contributed by atoms with E-state index in [9.17, 15) is 4.79 Å².